The molecule has 4 N–H and O–H groups in total. The molecule has 0 fully saturated rings. The topological polar surface area (TPSA) is 119 Å². The number of aliphatic carboxylic acids is 1. The summed E-state index contributed by atoms with van der Waals surface area (Å²) in [5.41, 5.74) is 1.58. The van der Waals surface area contributed by atoms with Crippen LogP contribution in [0.5, 0.6) is 5.75 Å². The van der Waals surface area contributed by atoms with Crippen LogP contribution in [0.2, 0.25) is 0 Å². The van der Waals surface area contributed by atoms with Crippen molar-refractivity contribution in [3.63, 3.8) is 0 Å². The zero-order valence-electron chi connectivity index (χ0n) is 15.8. The molecule has 4 aromatic rings. The molecule has 1 atom stereocenters. The first kappa shape index (κ1) is 19.2. The number of nitrogens with one attached hydrogen (secondary N) is 2. The van der Waals surface area contributed by atoms with E-state index in [1.165, 1.54) is 12.1 Å². The molecular weight excluding hydrogens is 384 g/mol. The number of para-hydroxylation sites is 2. The first-order valence-corrected chi connectivity index (χ1v) is 9.29. The summed E-state index contributed by atoms with van der Waals surface area (Å²) in [4.78, 5) is 40.6. The fourth-order valence-corrected chi connectivity index (χ4v) is 3.44. The molecule has 7 nitrogen and oxygen atoms in total. The van der Waals surface area contributed by atoms with Gasteiger partial charge in [0.15, 0.2) is 5.43 Å². The Morgan fingerprint density at radius 3 is 2.37 bits per heavy atom. The van der Waals surface area contributed by atoms with Gasteiger partial charge in [0.1, 0.15) is 11.8 Å². The number of amides is 1. The van der Waals surface area contributed by atoms with Crippen molar-refractivity contribution in [2.75, 3.05) is 0 Å². The van der Waals surface area contributed by atoms with Gasteiger partial charge >= 0.3 is 5.97 Å². The molecule has 0 radical (unpaired) electrons. The van der Waals surface area contributed by atoms with Gasteiger partial charge in [0.25, 0.3) is 5.91 Å². The van der Waals surface area contributed by atoms with E-state index in [0.717, 1.165) is 0 Å². The van der Waals surface area contributed by atoms with Gasteiger partial charge in [0.2, 0.25) is 0 Å². The Bertz CT molecular complexity index is 1330. The molecule has 0 unspecified atom stereocenters. The molecule has 1 heterocycles. The lowest BCUT2D eigenvalue weighted by molar-refractivity contribution is -0.139. The van der Waals surface area contributed by atoms with E-state index in [2.05, 4.69) is 10.3 Å². The molecule has 0 aliphatic carbocycles. The van der Waals surface area contributed by atoms with Crippen molar-refractivity contribution < 1.29 is 19.8 Å². The number of aromatic nitrogens is 1. The fraction of sp³-hybridized carbons (Fsp3) is 0.0870. The number of hydrogen-bond donors (Lipinski definition) is 4. The van der Waals surface area contributed by atoms with Crippen LogP contribution in [-0.4, -0.2) is 33.1 Å². The molecule has 0 aliphatic heterocycles. The summed E-state index contributed by atoms with van der Waals surface area (Å²) in [5.74, 6) is -1.71. The minimum absolute atomic E-state index is 0.0472. The fourth-order valence-electron chi connectivity index (χ4n) is 3.44. The van der Waals surface area contributed by atoms with E-state index >= 15 is 0 Å². The minimum atomic E-state index is -1.18. The summed E-state index contributed by atoms with van der Waals surface area (Å²) in [5, 5.41) is 22.3. The van der Waals surface area contributed by atoms with E-state index in [0.29, 0.717) is 27.4 Å². The summed E-state index contributed by atoms with van der Waals surface area (Å²) in [7, 11) is 0. The number of carbonyl (C=O) groups excluding carboxylic acids is 1. The van der Waals surface area contributed by atoms with E-state index < -0.39 is 17.9 Å². The smallest absolute Gasteiger partial charge is 0.326 e. The van der Waals surface area contributed by atoms with Gasteiger partial charge in [-0.15, -0.1) is 0 Å². The van der Waals surface area contributed by atoms with Gasteiger partial charge in [-0.1, -0.05) is 30.3 Å². The number of H-pyrrole nitrogens is 1. The molecule has 150 valence electrons. The Labute approximate surface area is 170 Å². The van der Waals surface area contributed by atoms with E-state index in [9.17, 15) is 24.6 Å². The van der Waals surface area contributed by atoms with Crippen molar-refractivity contribution >= 4 is 33.7 Å². The molecule has 1 aromatic heterocycles. The Morgan fingerprint density at radius 2 is 1.63 bits per heavy atom. The quantitative estimate of drug-likeness (QED) is 0.383. The average Bonchev–Trinajstić information content (AvgIpc) is 2.74. The second kappa shape index (κ2) is 7.71. The van der Waals surface area contributed by atoms with E-state index in [1.807, 2.05) is 0 Å². The van der Waals surface area contributed by atoms with Crippen molar-refractivity contribution in [1.29, 1.82) is 0 Å². The van der Waals surface area contributed by atoms with E-state index in [-0.39, 0.29) is 23.2 Å². The molecule has 0 saturated heterocycles. The lowest BCUT2D eigenvalue weighted by atomic mass is 10.0. The maximum atomic E-state index is 12.9. The largest absolute Gasteiger partial charge is 0.508 e. The second-order valence-electron chi connectivity index (χ2n) is 6.96. The van der Waals surface area contributed by atoms with Crippen molar-refractivity contribution in [2.45, 2.75) is 12.5 Å². The predicted molar refractivity (Wildman–Crippen MR) is 113 cm³/mol. The van der Waals surface area contributed by atoms with Crippen LogP contribution in [-0.2, 0) is 11.2 Å². The third kappa shape index (κ3) is 3.60. The number of benzene rings is 3. The normalized spacial score (nSPS) is 12.0. The molecule has 30 heavy (non-hydrogen) atoms. The number of aromatic amines is 1. The Morgan fingerprint density at radius 1 is 0.933 bits per heavy atom. The van der Waals surface area contributed by atoms with Crippen molar-refractivity contribution in [1.82, 2.24) is 10.3 Å². The third-order valence-electron chi connectivity index (χ3n) is 4.96. The van der Waals surface area contributed by atoms with Crippen LogP contribution in [0.4, 0.5) is 0 Å². The number of carbonyl (C=O) groups is 2. The van der Waals surface area contributed by atoms with Crippen molar-refractivity contribution in [3.05, 3.63) is 88.1 Å². The molecule has 0 bridgehead atoms. The van der Waals surface area contributed by atoms with Crippen LogP contribution in [0.3, 0.4) is 0 Å². The monoisotopic (exact) mass is 402 g/mol. The van der Waals surface area contributed by atoms with Crippen LogP contribution in [0, 0.1) is 0 Å². The number of aromatic hydroxyl groups is 1. The highest BCUT2D eigenvalue weighted by Crippen LogP contribution is 2.19. The highest BCUT2D eigenvalue weighted by molar-refractivity contribution is 6.08. The first-order valence-electron chi connectivity index (χ1n) is 9.29. The highest BCUT2D eigenvalue weighted by atomic mass is 16.4. The molecule has 0 aliphatic rings. The zero-order valence-corrected chi connectivity index (χ0v) is 15.8. The van der Waals surface area contributed by atoms with Crippen LogP contribution in [0.15, 0.2) is 71.5 Å². The van der Waals surface area contributed by atoms with E-state index in [1.54, 1.807) is 54.6 Å². The Hall–Kier alpha value is -4.13. The van der Waals surface area contributed by atoms with Crippen molar-refractivity contribution in [3.8, 4) is 5.75 Å². The van der Waals surface area contributed by atoms with Crippen LogP contribution in [0.25, 0.3) is 21.8 Å². The van der Waals surface area contributed by atoms with Gasteiger partial charge in [-0.3, -0.25) is 9.59 Å². The number of carboxylic acid groups (broad SMARTS) is 1. The summed E-state index contributed by atoms with van der Waals surface area (Å²) in [6.07, 6.45) is 0.0472. The Balaban J connectivity index is 1.70. The molecule has 7 heteroatoms. The highest BCUT2D eigenvalue weighted by Gasteiger charge is 2.23. The zero-order chi connectivity index (χ0) is 21.3. The van der Waals surface area contributed by atoms with Gasteiger partial charge in [-0.2, -0.15) is 0 Å². The molecule has 0 spiro atoms. The molecular formula is C23H18N2O5. The third-order valence-corrected chi connectivity index (χ3v) is 4.96. The average molecular weight is 402 g/mol. The van der Waals surface area contributed by atoms with Gasteiger partial charge < -0.3 is 20.5 Å². The number of pyridine rings is 1. The van der Waals surface area contributed by atoms with Gasteiger partial charge in [0.05, 0.1) is 11.1 Å². The predicted octanol–water partition coefficient (Wildman–Crippen LogP) is 2.81. The Kier molecular flexibility index (Phi) is 4.93. The van der Waals surface area contributed by atoms with Gasteiger partial charge in [-0.05, 0) is 42.0 Å². The standard InChI is InChI=1S/C23H18N2O5/c26-14-10-8-13(9-11-14)12-19(23(29)30)25-22(28)17-6-3-5-16-20(17)24-18-7-2-1-4-15(18)21(16)27/h1-11,19,26H,12H2,(H,24,27)(H,25,28)(H,29,30)/t19-/m0/s1. The summed E-state index contributed by atoms with van der Waals surface area (Å²) < 4.78 is 0. The van der Waals surface area contributed by atoms with Crippen LogP contribution < -0.4 is 10.7 Å². The van der Waals surface area contributed by atoms with Gasteiger partial charge in [-0.25, -0.2) is 4.79 Å². The number of phenolic OH excluding ortho intramolecular Hbond substituents is 1. The number of rotatable bonds is 5. The summed E-state index contributed by atoms with van der Waals surface area (Å²) in [6.45, 7) is 0. The minimum Gasteiger partial charge on any atom is -0.508 e. The van der Waals surface area contributed by atoms with Crippen LogP contribution in [0.1, 0.15) is 15.9 Å². The maximum absolute atomic E-state index is 12.9. The summed E-state index contributed by atoms with van der Waals surface area (Å²) >= 11 is 0. The van der Waals surface area contributed by atoms with Crippen LogP contribution >= 0.6 is 0 Å². The van der Waals surface area contributed by atoms with Crippen molar-refractivity contribution in [2.24, 2.45) is 0 Å². The lowest BCUT2D eigenvalue weighted by Crippen LogP contribution is -2.42. The number of phenols is 1. The second-order valence-corrected chi connectivity index (χ2v) is 6.96. The molecule has 1 amide bonds. The SMILES string of the molecule is O=C(N[C@@H](Cc1ccc(O)cc1)C(=O)O)c1cccc2c(=O)c3ccccc3[nH]c12. The summed E-state index contributed by atoms with van der Waals surface area (Å²) in [6, 6.07) is 16.7. The maximum Gasteiger partial charge on any atom is 0.326 e. The van der Waals surface area contributed by atoms with Gasteiger partial charge in [0, 0.05) is 22.7 Å². The number of fused-ring (bicyclic) bond motifs is 2. The number of hydrogen-bond acceptors (Lipinski definition) is 4. The number of carboxylic acids is 1. The first-order chi connectivity index (χ1) is 14.4. The molecule has 3 aromatic carbocycles. The van der Waals surface area contributed by atoms with E-state index in [4.69, 9.17) is 0 Å². The molecule has 4 rings (SSSR count). The molecule has 0 saturated carbocycles. The lowest BCUT2D eigenvalue weighted by Gasteiger charge is -2.16.